The van der Waals surface area contributed by atoms with Gasteiger partial charge in [0, 0.05) is 12.0 Å². The van der Waals surface area contributed by atoms with Crippen LogP contribution < -0.4 is 9.64 Å². The van der Waals surface area contributed by atoms with Gasteiger partial charge >= 0.3 is 0 Å². The number of ketones is 1. The van der Waals surface area contributed by atoms with Crippen LogP contribution in [-0.4, -0.2) is 28.9 Å². The van der Waals surface area contributed by atoms with E-state index in [0.717, 1.165) is 4.70 Å². The minimum atomic E-state index is -0.996. The van der Waals surface area contributed by atoms with Gasteiger partial charge in [0.2, 0.25) is 0 Å². The first-order valence-corrected chi connectivity index (χ1v) is 11.8. The number of Topliss-reactive ketones (excluding diaryl/α,β-unsaturated/α-hetero) is 1. The van der Waals surface area contributed by atoms with Gasteiger partial charge in [-0.25, -0.2) is 9.37 Å². The number of methoxy groups -OCH3 is 1. The van der Waals surface area contributed by atoms with Crippen LogP contribution in [0.4, 0.5) is 9.52 Å². The zero-order valence-corrected chi connectivity index (χ0v) is 19.9. The van der Waals surface area contributed by atoms with Gasteiger partial charge < -0.3 is 9.84 Å². The molecule has 1 N–H and O–H groups in total. The fourth-order valence-electron chi connectivity index (χ4n) is 4.17. The summed E-state index contributed by atoms with van der Waals surface area (Å²) in [7, 11) is 1.50. The number of aliphatic hydroxyl groups excluding tert-OH is 1. The molecule has 0 fully saturated rings. The molecule has 0 saturated carbocycles. The average Bonchev–Trinajstić information content (AvgIpc) is 3.39. The molecule has 5 rings (SSSR count). The summed E-state index contributed by atoms with van der Waals surface area (Å²) >= 11 is 7.49. The molecule has 3 aromatic carbocycles. The van der Waals surface area contributed by atoms with E-state index >= 15 is 0 Å². The van der Waals surface area contributed by atoms with Crippen molar-refractivity contribution in [2.45, 2.75) is 12.5 Å². The Bertz CT molecular complexity index is 1500. The second-order valence-electron chi connectivity index (χ2n) is 7.89. The van der Waals surface area contributed by atoms with E-state index < -0.39 is 29.3 Å². The summed E-state index contributed by atoms with van der Waals surface area (Å²) in [5, 5.41) is 11.6. The first kappa shape index (κ1) is 23.0. The predicted octanol–water partition coefficient (Wildman–Crippen LogP) is 5.81. The van der Waals surface area contributed by atoms with Crippen molar-refractivity contribution in [1.82, 2.24) is 4.98 Å². The molecule has 9 heteroatoms. The predicted molar refractivity (Wildman–Crippen MR) is 133 cm³/mol. The Labute approximate surface area is 208 Å². The molecule has 1 unspecified atom stereocenters. The maximum absolute atomic E-state index is 13.7. The first-order chi connectivity index (χ1) is 16.9. The molecule has 0 saturated heterocycles. The lowest BCUT2D eigenvalue weighted by molar-refractivity contribution is -0.117. The SMILES string of the molecule is COc1ccccc1CC(=O)C1=C(O)C(=O)N(c2nc3c(Cl)cccc3s2)C1c1ccc(F)cc1. The third-order valence-corrected chi connectivity index (χ3v) is 7.13. The number of aliphatic hydroxyl groups is 1. The summed E-state index contributed by atoms with van der Waals surface area (Å²) in [5.74, 6) is -1.84. The lowest BCUT2D eigenvalue weighted by Gasteiger charge is -2.24. The number of nitrogens with zero attached hydrogens (tertiary/aromatic N) is 2. The van der Waals surface area contributed by atoms with Gasteiger partial charge in [0.15, 0.2) is 16.7 Å². The van der Waals surface area contributed by atoms with E-state index in [0.29, 0.717) is 27.4 Å². The summed E-state index contributed by atoms with van der Waals surface area (Å²) < 4.78 is 19.8. The van der Waals surface area contributed by atoms with E-state index in [1.807, 2.05) is 6.07 Å². The van der Waals surface area contributed by atoms with Gasteiger partial charge in [0.05, 0.1) is 28.4 Å². The van der Waals surface area contributed by atoms with Gasteiger partial charge in [-0.1, -0.05) is 59.3 Å². The summed E-state index contributed by atoms with van der Waals surface area (Å²) in [6.45, 7) is 0. The van der Waals surface area contributed by atoms with E-state index in [4.69, 9.17) is 16.3 Å². The standard InChI is InChI=1S/C26H18ClFN2O4S/c1-34-19-7-3-2-5-15(19)13-18(31)21-23(14-9-11-16(28)12-10-14)30(25(33)24(21)32)26-29-22-17(27)6-4-8-20(22)35-26/h2-12,23,32H,13H2,1H3. The minimum absolute atomic E-state index is 0.0853. The second kappa shape index (κ2) is 9.13. The summed E-state index contributed by atoms with van der Waals surface area (Å²) in [6, 6.07) is 16.7. The van der Waals surface area contributed by atoms with Crippen molar-refractivity contribution in [1.29, 1.82) is 0 Å². The highest BCUT2D eigenvalue weighted by atomic mass is 35.5. The fourth-order valence-corrected chi connectivity index (χ4v) is 5.46. The largest absolute Gasteiger partial charge is 0.503 e. The van der Waals surface area contributed by atoms with Crippen LogP contribution in [0.2, 0.25) is 5.02 Å². The van der Waals surface area contributed by atoms with Crippen molar-refractivity contribution < 1.29 is 23.8 Å². The van der Waals surface area contributed by atoms with Gasteiger partial charge in [-0.2, -0.15) is 0 Å². The van der Waals surface area contributed by atoms with E-state index in [9.17, 15) is 19.1 Å². The van der Waals surface area contributed by atoms with Gasteiger partial charge in [-0.05, 0) is 35.9 Å². The number of para-hydroxylation sites is 2. The molecule has 176 valence electrons. The summed E-state index contributed by atoms with van der Waals surface area (Å²) in [5.41, 5.74) is 1.49. The molecular weight excluding hydrogens is 491 g/mol. The first-order valence-electron chi connectivity index (χ1n) is 10.6. The number of ether oxygens (including phenoxy) is 1. The van der Waals surface area contributed by atoms with E-state index in [-0.39, 0.29) is 17.1 Å². The number of hydrogen-bond donors (Lipinski definition) is 1. The molecule has 1 atom stereocenters. The van der Waals surface area contributed by atoms with Crippen molar-refractivity contribution in [2.75, 3.05) is 12.0 Å². The van der Waals surface area contributed by atoms with Crippen LogP contribution in [0.5, 0.6) is 5.75 Å². The number of hydrogen-bond acceptors (Lipinski definition) is 6. The topological polar surface area (TPSA) is 79.7 Å². The summed E-state index contributed by atoms with van der Waals surface area (Å²) in [4.78, 5) is 32.6. The molecule has 4 aromatic rings. The number of thiazole rings is 1. The Morgan fingerprint density at radius 3 is 2.60 bits per heavy atom. The second-order valence-corrected chi connectivity index (χ2v) is 9.30. The fraction of sp³-hybridized carbons (Fsp3) is 0.115. The van der Waals surface area contributed by atoms with Crippen molar-refractivity contribution in [2.24, 2.45) is 0 Å². The molecule has 6 nitrogen and oxygen atoms in total. The van der Waals surface area contributed by atoms with Crippen LogP contribution in [0.15, 0.2) is 78.1 Å². The number of benzene rings is 3. The van der Waals surface area contributed by atoms with Gasteiger partial charge in [0.1, 0.15) is 17.1 Å². The Hall–Kier alpha value is -3.75. The highest BCUT2D eigenvalue weighted by Crippen LogP contribution is 2.44. The smallest absolute Gasteiger partial charge is 0.296 e. The number of anilines is 1. The molecule has 0 bridgehead atoms. The summed E-state index contributed by atoms with van der Waals surface area (Å²) in [6.07, 6.45) is -0.103. The molecule has 2 heterocycles. The monoisotopic (exact) mass is 508 g/mol. The molecule has 1 aliphatic heterocycles. The zero-order chi connectivity index (χ0) is 24.7. The maximum atomic E-state index is 13.7. The van der Waals surface area contributed by atoms with Crippen molar-refractivity contribution in [3.63, 3.8) is 0 Å². The van der Waals surface area contributed by atoms with Crippen molar-refractivity contribution >= 4 is 50.0 Å². The number of aromatic nitrogens is 1. The van der Waals surface area contributed by atoms with E-state index in [1.165, 1.54) is 47.6 Å². The van der Waals surface area contributed by atoms with Crippen LogP contribution in [0.25, 0.3) is 10.2 Å². The van der Waals surface area contributed by atoms with Crippen LogP contribution in [0.3, 0.4) is 0 Å². The van der Waals surface area contributed by atoms with Crippen molar-refractivity contribution in [3.8, 4) is 5.75 Å². The number of rotatable bonds is 6. The average molecular weight is 509 g/mol. The maximum Gasteiger partial charge on any atom is 0.296 e. The van der Waals surface area contributed by atoms with Crippen molar-refractivity contribution in [3.05, 3.63) is 100 Å². The normalized spacial score (nSPS) is 15.8. The quantitative estimate of drug-likeness (QED) is 0.355. The Morgan fingerprint density at radius 1 is 1.14 bits per heavy atom. The third-order valence-electron chi connectivity index (χ3n) is 5.80. The Morgan fingerprint density at radius 2 is 1.89 bits per heavy atom. The zero-order valence-electron chi connectivity index (χ0n) is 18.4. The molecule has 1 aromatic heterocycles. The number of carbonyl (C=O) groups is 2. The van der Waals surface area contributed by atoms with Crippen LogP contribution in [0, 0.1) is 5.82 Å². The Kier molecular flexibility index (Phi) is 6.00. The highest BCUT2D eigenvalue weighted by molar-refractivity contribution is 7.22. The molecular formula is C26H18ClFN2O4S. The number of fused-ring (bicyclic) bond motifs is 1. The number of amides is 1. The van der Waals surface area contributed by atoms with Crippen LogP contribution >= 0.6 is 22.9 Å². The molecule has 0 radical (unpaired) electrons. The molecule has 35 heavy (non-hydrogen) atoms. The number of carbonyl (C=O) groups excluding carboxylic acids is 2. The lowest BCUT2D eigenvalue weighted by Crippen LogP contribution is -2.31. The molecule has 1 aliphatic rings. The van der Waals surface area contributed by atoms with Crippen LogP contribution in [0.1, 0.15) is 17.2 Å². The lowest BCUT2D eigenvalue weighted by atomic mass is 9.93. The molecule has 1 amide bonds. The van der Waals surface area contributed by atoms with Crippen LogP contribution in [-0.2, 0) is 16.0 Å². The van der Waals surface area contributed by atoms with E-state index in [1.54, 1.807) is 36.4 Å². The van der Waals surface area contributed by atoms with Gasteiger partial charge in [0.25, 0.3) is 5.91 Å². The number of halogens is 2. The minimum Gasteiger partial charge on any atom is -0.503 e. The van der Waals surface area contributed by atoms with Gasteiger partial charge in [-0.3, -0.25) is 14.5 Å². The highest BCUT2D eigenvalue weighted by Gasteiger charge is 2.45. The van der Waals surface area contributed by atoms with Gasteiger partial charge in [-0.15, -0.1) is 0 Å². The molecule has 0 spiro atoms. The Balaban J connectivity index is 1.62. The molecule has 0 aliphatic carbocycles. The van der Waals surface area contributed by atoms with E-state index in [2.05, 4.69) is 4.98 Å². The third kappa shape index (κ3) is 4.05.